The summed E-state index contributed by atoms with van der Waals surface area (Å²) in [5, 5.41) is 3.57. The predicted molar refractivity (Wildman–Crippen MR) is 204 cm³/mol. The fourth-order valence-electron chi connectivity index (χ4n) is 6.14. The highest BCUT2D eigenvalue weighted by atomic mass is 32.5. The molecule has 1 N–H and O–H groups in total. The first-order chi connectivity index (χ1) is 24.1. The van der Waals surface area contributed by atoms with Crippen LogP contribution in [0, 0.1) is 0 Å². The van der Waals surface area contributed by atoms with Crippen LogP contribution in [0.15, 0.2) is 115 Å². The third kappa shape index (κ3) is 10.6. The fourth-order valence-corrected chi connectivity index (χ4v) is 9.51. The summed E-state index contributed by atoms with van der Waals surface area (Å²) in [6.45, 7) is 6.89. The lowest BCUT2D eigenvalue weighted by Gasteiger charge is -2.37. The number of nitrogens with one attached hydrogen (secondary N) is 1. The van der Waals surface area contributed by atoms with Gasteiger partial charge in [-0.1, -0.05) is 103 Å². The van der Waals surface area contributed by atoms with Crippen molar-refractivity contribution in [3.8, 4) is 5.75 Å². The molecule has 1 aliphatic heterocycles. The highest BCUT2D eigenvalue weighted by molar-refractivity contribution is 8.09. The van der Waals surface area contributed by atoms with Crippen molar-refractivity contribution in [2.45, 2.75) is 83.0 Å². The molecule has 1 fully saturated rings. The number of ether oxygens (including phenoxy) is 4. The Balaban J connectivity index is 1.16. The Labute approximate surface area is 303 Å². The van der Waals surface area contributed by atoms with Gasteiger partial charge in [-0.25, -0.2) is 5.09 Å². The molecule has 4 aromatic rings. The zero-order valence-corrected chi connectivity index (χ0v) is 31.7. The van der Waals surface area contributed by atoms with Gasteiger partial charge in [0, 0.05) is 11.6 Å². The summed E-state index contributed by atoms with van der Waals surface area (Å²) >= 11 is 6.09. The number of unbranched alkanes of at least 4 members (excludes halogenated alkanes) is 1. The molecule has 0 amide bonds. The Hall–Kier alpha value is -2.91. The normalized spacial score (nSPS) is 18.4. The van der Waals surface area contributed by atoms with Gasteiger partial charge in [0.1, 0.15) is 11.4 Å². The van der Waals surface area contributed by atoms with E-state index in [1.54, 1.807) is 7.11 Å². The average molecular weight is 718 g/mol. The summed E-state index contributed by atoms with van der Waals surface area (Å²) in [5.74, 6) is 0.813. The second-order valence-electron chi connectivity index (χ2n) is 13.7. The topological polar surface area (TPSA) is 67.4 Å². The number of benzene rings is 4. The minimum absolute atomic E-state index is 0.0119. The zero-order chi connectivity index (χ0) is 35.5. The molecule has 0 bridgehead atoms. The van der Waals surface area contributed by atoms with Crippen molar-refractivity contribution in [3.63, 3.8) is 0 Å². The minimum Gasteiger partial charge on any atom is -0.497 e. The second-order valence-corrected chi connectivity index (χ2v) is 16.8. The zero-order valence-electron chi connectivity index (χ0n) is 30.0. The van der Waals surface area contributed by atoms with Gasteiger partial charge in [0.25, 0.3) is 6.64 Å². The average Bonchev–Trinajstić information content (AvgIpc) is 3.59. The molecule has 268 valence electrons. The van der Waals surface area contributed by atoms with Crippen molar-refractivity contribution in [1.29, 1.82) is 0 Å². The molecule has 4 aromatic carbocycles. The van der Waals surface area contributed by atoms with Crippen LogP contribution in [0.25, 0.3) is 0 Å². The summed E-state index contributed by atoms with van der Waals surface area (Å²) in [6, 6.07) is 39.1. The smallest absolute Gasteiger partial charge is 0.261 e. The second kappa shape index (κ2) is 18.0. The van der Waals surface area contributed by atoms with Crippen molar-refractivity contribution < 1.29 is 28.0 Å². The molecular formula is C41H52NO6PS. The van der Waals surface area contributed by atoms with Gasteiger partial charge in [0.05, 0.1) is 38.6 Å². The van der Waals surface area contributed by atoms with E-state index in [2.05, 4.69) is 84.8 Å². The summed E-state index contributed by atoms with van der Waals surface area (Å²) in [4.78, 5) is 0. The molecule has 4 unspecified atom stereocenters. The van der Waals surface area contributed by atoms with E-state index in [0.29, 0.717) is 26.2 Å². The highest BCUT2D eigenvalue weighted by Gasteiger charge is 2.38. The molecule has 50 heavy (non-hydrogen) atoms. The standard InChI is InChI=1S/C41H52NO6PS/c1-32(28-30-45-41(34-17-9-6-10-18-34,35-19-11-7-12-20-35)36-21-13-8-14-22-36)42-49(50,48-40(2,3)4)46-29-16-15-23-38-31-44-39(47-38)33-24-26-37(43-5)27-25-33/h6-14,17-22,24-27,32,38-39H,15-16,23,28-31H2,1-5H3,(H,42,50). The van der Waals surface area contributed by atoms with E-state index in [9.17, 15) is 0 Å². The van der Waals surface area contributed by atoms with Gasteiger partial charge in [0.2, 0.25) is 0 Å². The van der Waals surface area contributed by atoms with Crippen LogP contribution in [0.2, 0.25) is 0 Å². The van der Waals surface area contributed by atoms with Crippen molar-refractivity contribution >= 4 is 18.4 Å². The summed E-state index contributed by atoms with van der Waals surface area (Å²) in [6.07, 6.45) is 3.05. The first-order valence-electron chi connectivity index (χ1n) is 17.5. The van der Waals surface area contributed by atoms with Crippen LogP contribution < -0.4 is 9.82 Å². The summed E-state index contributed by atoms with van der Waals surface area (Å²) < 4.78 is 37.1. The van der Waals surface area contributed by atoms with Crippen LogP contribution in [0.4, 0.5) is 0 Å². The largest absolute Gasteiger partial charge is 0.497 e. The molecular weight excluding hydrogens is 665 g/mol. The molecule has 1 saturated heterocycles. The number of rotatable bonds is 18. The Kier molecular flexibility index (Phi) is 13.8. The Bertz CT molecular complexity index is 1520. The van der Waals surface area contributed by atoms with Gasteiger partial charge in [0.15, 0.2) is 6.29 Å². The van der Waals surface area contributed by atoms with Crippen LogP contribution in [0.1, 0.15) is 81.9 Å². The van der Waals surface area contributed by atoms with Gasteiger partial charge in [-0.05, 0) is 94.0 Å². The Morgan fingerprint density at radius 2 is 1.36 bits per heavy atom. The lowest BCUT2D eigenvalue weighted by molar-refractivity contribution is -0.0614. The fraction of sp³-hybridized carbons (Fsp3) is 0.415. The Morgan fingerprint density at radius 1 is 0.800 bits per heavy atom. The van der Waals surface area contributed by atoms with E-state index in [1.807, 2.05) is 63.2 Å². The number of hydrogen-bond acceptors (Lipinski definition) is 7. The van der Waals surface area contributed by atoms with Gasteiger partial charge >= 0.3 is 0 Å². The molecule has 7 nitrogen and oxygen atoms in total. The van der Waals surface area contributed by atoms with Crippen molar-refractivity contribution in [2.75, 3.05) is 26.9 Å². The van der Waals surface area contributed by atoms with Gasteiger partial charge in [-0.3, -0.25) is 0 Å². The van der Waals surface area contributed by atoms with E-state index in [1.165, 1.54) is 0 Å². The first-order valence-corrected chi connectivity index (χ1v) is 20.2. The van der Waals surface area contributed by atoms with Crippen LogP contribution in [0.5, 0.6) is 5.75 Å². The molecule has 9 heteroatoms. The van der Waals surface area contributed by atoms with E-state index in [4.69, 9.17) is 39.8 Å². The molecule has 0 spiro atoms. The van der Waals surface area contributed by atoms with Gasteiger partial charge in [-0.15, -0.1) is 0 Å². The van der Waals surface area contributed by atoms with Crippen molar-refractivity contribution in [3.05, 3.63) is 138 Å². The molecule has 0 radical (unpaired) electrons. The number of methoxy groups -OCH3 is 1. The van der Waals surface area contributed by atoms with Crippen LogP contribution in [-0.4, -0.2) is 44.7 Å². The highest BCUT2D eigenvalue weighted by Crippen LogP contribution is 2.49. The first kappa shape index (κ1) is 38.3. The van der Waals surface area contributed by atoms with E-state index >= 15 is 0 Å². The maximum absolute atomic E-state index is 7.01. The third-order valence-electron chi connectivity index (χ3n) is 8.50. The minimum atomic E-state index is -2.81. The quantitative estimate of drug-likeness (QED) is 0.0620. The SMILES string of the molecule is COc1ccc(C2OCC(CCCCOP(=S)(NC(C)CCOC(c3ccccc3)(c3ccccc3)c3ccccc3)OC(C)(C)C)O2)cc1. The molecule has 0 saturated carbocycles. The molecule has 5 rings (SSSR count). The third-order valence-corrected chi connectivity index (χ3v) is 11.4. The van der Waals surface area contributed by atoms with Crippen LogP contribution in [0.3, 0.4) is 0 Å². The van der Waals surface area contributed by atoms with E-state index in [0.717, 1.165) is 47.3 Å². The summed E-state index contributed by atoms with van der Waals surface area (Å²) in [7, 11) is 1.66. The molecule has 0 aliphatic carbocycles. The van der Waals surface area contributed by atoms with Crippen LogP contribution >= 0.6 is 6.64 Å². The van der Waals surface area contributed by atoms with Crippen molar-refractivity contribution in [1.82, 2.24) is 5.09 Å². The lowest BCUT2D eigenvalue weighted by Crippen LogP contribution is -2.35. The van der Waals surface area contributed by atoms with E-state index in [-0.39, 0.29) is 18.4 Å². The maximum Gasteiger partial charge on any atom is 0.261 e. The molecule has 1 aliphatic rings. The number of hydrogen-bond donors (Lipinski definition) is 1. The monoisotopic (exact) mass is 717 g/mol. The van der Waals surface area contributed by atoms with E-state index < -0.39 is 17.8 Å². The lowest BCUT2D eigenvalue weighted by atomic mass is 9.80. The molecule has 1 heterocycles. The molecule has 4 atom stereocenters. The van der Waals surface area contributed by atoms with Crippen LogP contribution in [-0.2, 0) is 40.7 Å². The summed E-state index contributed by atoms with van der Waals surface area (Å²) in [5.41, 5.74) is 2.99. The van der Waals surface area contributed by atoms with Gasteiger partial charge in [-0.2, -0.15) is 0 Å². The Morgan fingerprint density at radius 3 is 1.88 bits per heavy atom. The molecule has 0 aromatic heterocycles. The van der Waals surface area contributed by atoms with Crippen molar-refractivity contribution in [2.24, 2.45) is 0 Å². The predicted octanol–water partition coefficient (Wildman–Crippen LogP) is 9.71. The maximum atomic E-state index is 7.01. The van der Waals surface area contributed by atoms with Gasteiger partial charge < -0.3 is 28.0 Å².